The number of allylic oxidation sites excluding steroid dienone is 2. The van der Waals surface area contributed by atoms with Crippen molar-refractivity contribution >= 4 is 24.9 Å². The summed E-state index contributed by atoms with van der Waals surface area (Å²) in [7, 11) is 0. The molecule has 0 N–H and O–H groups in total. The summed E-state index contributed by atoms with van der Waals surface area (Å²) in [6, 6.07) is 4.27. The van der Waals surface area contributed by atoms with Crippen LogP contribution >= 0.6 is 11.8 Å². The van der Waals surface area contributed by atoms with Crippen molar-refractivity contribution in [3.63, 3.8) is 0 Å². The van der Waals surface area contributed by atoms with Gasteiger partial charge in [0, 0.05) is 17.6 Å². The fraction of sp³-hybridized carbons (Fsp3) is 0.250. The summed E-state index contributed by atoms with van der Waals surface area (Å²) in [5.41, 5.74) is 1.20. The molecular formula is C16H19NS. The molecule has 0 aliphatic carbocycles. The van der Waals surface area contributed by atoms with E-state index in [0.717, 1.165) is 17.0 Å². The van der Waals surface area contributed by atoms with Gasteiger partial charge >= 0.3 is 0 Å². The predicted octanol–water partition coefficient (Wildman–Crippen LogP) is 2.64. The third-order valence-corrected chi connectivity index (χ3v) is 4.53. The maximum atomic E-state index is 4.15. The molecular weight excluding hydrogens is 238 g/mol. The van der Waals surface area contributed by atoms with Crippen molar-refractivity contribution in [1.29, 1.82) is 0 Å². The second-order valence-electron chi connectivity index (χ2n) is 4.40. The Kier molecular flexibility index (Phi) is 3.97. The number of likely N-dealkylation sites (N-methyl/N-ethyl adjacent to an activating group) is 1. The molecule has 0 bridgehead atoms. The summed E-state index contributed by atoms with van der Waals surface area (Å²) >= 11 is 1.83. The Balaban J connectivity index is 2.27. The zero-order chi connectivity index (χ0) is 13.1. The van der Waals surface area contributed by atoms with E-state index in [4.69, 9.17) is 0 Å². The lowest BCUT2D eigenvalue weighted by molar-refractivity contribution is 0.409. The zero-order valence-electron chi connectivity index (χ0n) is 11.0. The number of hydrogen-bond acceptors (Lipinski definition) is 2. The highest BCUT2D eigenvalue weighted by Gasteiger charge is 2.14. The van der Waals surface area contributed by atoms with Crippen molar-refractivity contribution in [3.8, 4) is 0 Å². The topological polar surface area (TPSA) is 3.24 Å². The molecule has 1 atom stereocenters. The maximum Gasteiger partial charge on any atom is 0.0979 e. The Hall–Kier alpha value is -1.41. The number of aryl methyl sites for hydroxylation is 1. The summed E-state index contributed by atoms with van der Waals surface area (Å²) in [4.78, 5) is 3.53. The highest BCUT2D eigenvalue weighted by molar-refractivity contribution is 8.00. The molecule has 0 spiro atoms. The van der Waals surface area contributed by atoms with Crippen molar-refractivity contribution in [3.05, 3.63) is 52.6 Å². The summed E-state index contributed by atoms with van der Waals surface area (Å²) in [6.45, 7) is 13.5. The van der Waals surface area contributed by atoms with Crippen LogP contribution in [0.1, 0.15) is 12.5 Å². The van der Waals surface area contributed by atoms with Crippen molar-refractivity contribution in [2.75, 3.05) is 6.54 Å². The van der Waals surface area contributed by atoms with Crippen LogP contribution in [0.25, 0.3) is 13.2 Å². The van der Waals surface area contributed by atoms with Gasteiger partial charge in [0.05, 0.1) is 5.37 Å². The number of nitrogens with zero attached hydrogens (tertiary/aromatic N) is 1. The lowest BCUT2D eigenvalue weighted by Gasteiger charge is -2.28. The van der Waals surface area contributed by atoms with E-state index in [2.05, 4.69) is 68.5 Å². The van der Waals surface area contributed by atoms with Crippen LogP contribution in [0.4, 0.5) is 0 Å². The maximum absolute atomic E-state index is 4.15. The van der Waals surface area contributed by atoms with Gasteiger partial charge in [0.15, 0.2) is 0 Å². The fourth-order valence-corrected chi connectivity index (χ4v) is 3.13. The average Bonchev–Trinajstić information content (AvgIpc) is 2.40. The molecule has 2 heteroatoms. The van der Waals surface area contributed by atoms with E-state index in [1.54, 1.807) is 0 Å². The molecule has 1 aromatic carbocycles. The van der Waals surface area contributed by atoms with Gasteiger partial charge in [-0.1, -0.05) is 43.1 Å². The van der Waals surface area contributed by atoms with E-state index < -0.39 is 0 Å². The third kappa shape index (κ3) is 2.54. The predicted molar refractivity (Wildman–Crippen MR) is 81.8 cm³/mol. The quantitative estimate of drug-likeness (QED) is 0.819. The van der Waals surface area contributed by atoms with Gasteiger partial charge in [-0.15, -0.1) is 0 Å². The molecule has 1 nitrogen and oxygen atoms in total. The van der Waals surface area contributed by atoms with Gasteiger partial charge in [0.1, 0.15) is 0 Å². The molecule has 94 valence electrons. The molecule has 1 aliphatic rings. The Bertz CT molecular complexity index is 586. The van der Waals surface area contributed by atoms with Gasteiger partial charge in [-0.25, -0.2) is 0 Å². The minimum atomic E-state index is 0.350. The van der Waals surface area contributed by atoms with Crippen molar-refractivity contribution in [1.82, 2.24) is 4.90 Å². The molecule has 1 aliphatic heterocycles. The smallest absolute Gasteiger partial charge is 0.0979 e. The molecule has 0 aromatic heterocycles. The van der Waals surface area contributed by atoms with Crippen LogP contribution in [-0.2, 0) is 0 Å². The normalized spacial score (nSPS) is 18.3. The molecule has 1 unspecified atom stereocenters. The molecule has 18 heavy (non-hydrogen) atoms. The Morgan fingerprint density at radius 1 is 1.22 bits per heavy atom. The lowest BCUT2D eigenvalue weighted by Crippen LogP contribution is -2.31. The van der Waals surface area contributed by atoms with E-state index in [0.29, 0.717) is 5.37 Å². The monoisotopic (exact) mass is 257 g/mol. The van der Waals surface area contributed by atoms with Crippen molar-refractivity contribution < 1.29 is 0 Å². The zero-order valence-corrected chi connectivity index (χ0v) is 11.8. The number of benzene rings is 1. The van der Waals surface area contributed by atoms with E-state index in [9.17, 15) is 0 Å². The largest absolute Gasteiger partial charge is 0.362 e. The molecule has 0 saturated carbocycles. The van der Waals surface area contributed by atoms with Gasteiger partial charge in [-0.2, -0.15) is 0 Å². The standard InChI is InChI=1S/C16H19NS/c1-5-17-11-7-6-8-16(17)18-15-10-9-12(2)13(3)14(15)4/h6-11,16H,3-5H2,1-2H3. The van der Waals surface area contributed by atoms with Crippen LogP contribution in [0.2, 0.25) is 0 Å². The summed E-state index contributed by atoms with van der Waals surface area (Å²) < 4.78 is 0. The molecule has 1 aromatic rings. The van der Waals surface area contributed by atoms with Crippen LogP contribution in [0.5, 0.6) is 0 Å². The van der Waals surface area contributed by atoms with Crippen LogP contribution in [0.15, 0.2) is 41.5 Å². The van der Waals surface area contributed by atoms with Gasteiger partial charge in [0.25, 0.3) is 0 Å². The first kappa shape index (κ1) is 13.0. The highest BCUT2D eigenvalue weighted by Crippen LogP contribution is 2.25. The molecule has 0 radical (unpaired) electrons. The van der Waals surface area contributed by atoms with Gasteiger partial charge in [-0.3, -0.25) is 0 Å². The Labute approximate surface area is 113 Å². The second-order valence-corrected chi connectivity index (χ2v) is 5.56. The van der Waals surface area contributed by atoms with Crippen LogP contribution < -0.4 is 10.4 Å². The highest BCUT2D eigenvalue weighted by atomic mass is 32.2. The number of rotatable bonds is 3. The van der Waals surface area contributed by atoms with Gasteiger partial charge < -0.3 is 4.90 Å². The van der Waals surface area contributed by atoms with E-state index in [-0.39, 0.29) is 0 Å². The van der Waals surface area contributed by atoms with E-state index in [1.165, 1.54) is 10.5 Å². The van der Waals surface area contributed by atoms with Crippen LogP contribution in [-0.4, -0.2) is 16.8 Å². The molecule has 0 amide bonds. The number of hydrogen-bond donors (Lipinski definition) is 0. The first-order chi connectivity index (χ1) is 8.63. The van der Waals surface area contributed by atoms with Gasteiger partial charge in [-0.05, 0) is 42.0 Å². The van der Waals surface area contributed by atoms with E-state index in [1.807, 2.05) is 11.8 Å². The Morgan fingerprint density at radius 3 is 2.72 bits per heavy atom. The summed E-state index contributed by atoms with van der Waals surface area (Å²) in [6.07, 6.45) is 8.54. The molecule has 1 heterocycles. The van der Waals surface area contributed by atoms with Crippen LogP contribution in [0, 0.1) is 6.92 Å². The number of thioether (sulfide) groups is 1. The van der Waals surface area contributed by atoms with Crippen molar-refractivity contribution in [2.45, 2.75) is 24.1 Å². The average molecular weight is 257 g/mol. The third-order valence-electron chi connectivity index (χ3n) is 3.23. The SMILES string of the molecule is C=c1c(C)ccc(SC2C=CC=CN2CC)c1=C. The first-order valence-corrected chi connectivity index (χ1v) is 7.06. The molecule has 0 fully saturated rings. The molecule has 2 rings (SSSR count). The minimum Gasteiger partial charge on any atom is -0.362 e. The fourth-order valence-electron chi connectivity index (χ4n) is 1.94. The summed E-state index contributed by atoms with van der Waals surface area (Å²) in [5.74, 6) is 0. The summed E-state index contributed by atoms with van der Waals surface area (Å²) in [5, 5.41) is 2.46. The Morgan fingerprint density at radius 2 is 2.00 bits per heavy atom. The van der Waals surface area contributed by atoms with Crippen molar-refractivity contribution in [2.24, 2.45) is 0 Å². The lowest BCUT2D eigenvalue weighted by atomic mass is 10.2. The van der Waals surface area contributed by atoms with Crippen LogP contribution in [0.3, 0.4) is 0 Å². The van der Waals surface area contributed by atoms with Gasteiger partial charge in [0.2, 0.25) is 0 Å². The first-order valence-electron chi connectivity index (χ1n) is 6.18. The van der Waals surface area contributed by atoms with E-state index >= 15 is 0 Å². The second kappa shape index (κ2) is 5.49. The minimum absolute atomic E-state index is 0.350. The molecule has 0 saturated heterocycles.